The van der Waals surface area contributed by atoms with Crippen molar-refractivity contribution in [1.82, 2.24) is 20.0 Å². The van der Waals surface area contributed by atoms with E-state index in [0.717, 1.165) is 65.3 Å². The number of imide groups is 1. The molecule has 136 valence electrons. The van der Waals surface area contributed by atoms with Crippen LogP contribution < -0.4 is 5.32 Å². The van der Waals surface area contributed by atoms with Crippen molar-refractivity contribution in [2.45, 2.75) is 32.2 Å². The molecule has 3 aliphatic heterocycles. The molecule has 0 unspecified atom stereocenters. The molecular weight excluding hydrogens is 308 g/mol. The Morgan fingerprint density at radius 2 is 1.71 bits per heavy atom. The van der Waals surface area contributed by atoms with Gasteiger partial charge in [-0.05, 0) is 18.8 Å². The Labute approximate surface area is 144 Å². The SMILES string of the molecule is CC(C)CN1CCC2(CC1)NC(=O)N(CCN1CCOCC1)C2=O. The molecule has 1 spiro atoms. The van der Waals surface area contributed by atoms with Crippen molar-refractivity contribution in [2.75, 3.05) is 59.0 Å². The summed E-state index contributed by atoms with van der Waals surface area (Å²) in [5.41, 5.74) is -0.657. The Hall–Kier alpha value is -1.18. The minimum Gasteiger partial charge on any atom is -0.379 e. The van der Waals surface area contributed by atoms with Crippen LogP contribution in [0.4, 0.5) is 4.79 Å². The van der Waals surface area contributed by atoms with Gasteiger partial charge in [-0.2, -0.15) is 0 Å². The first kappa shape index (κ1) is 17.6. The minimum atomic E-state index is -0.657. The lowest BCUT2D eigenvalue weighted by molar-refractivity contribution is -0.133. The maximum Gasteiger partial charge on any atom is 0.325 e. The Kier molecular flexibility index (Phi) is 5.42. The molecule has 0 aromatic heterocycles. The van der Waals surface area contributed by atoms with Crippen LogP contribution in [-0.4, -0.2) is 91.2 Å². The number of nitrogens with one attached hydrogen (secondary N) is 1. The Morgan fingerprint density at radius 3 is 2.33 bits per heavy atom. The van der Waals surface area contributed by atoms with Gasteiger partial charge in [-0.25, -0.2) is 4.79 Å². The summed E-state index contributed by atoms with van der Waals surface area (Å²) in [7, 11) is 0. The number of likely N-dealkylation sites (tertiary alicyclic amines) is 1. The lowest BCUT2D eigenvalue weighted by Gasteiger charge is -2.38. The summed E-state index contributed by atoms with van der Waals surface area (Å²) in [6.07, 6.45) is 1.44. The van der Waals surface area contributed by atoms with Gasteiger partial charge in [-0.15, -0.1) is 0 Å². The van der Waals surface area contributed by atoms with Crippen LogP contribution in [0.25, 0.3) is 0 Å². The van der Waals surface area contributed by atoms with Crippen LogP contribution in [0.5, 0.6) is 0 Å². The van der Waals surface area contributed by atoms with Crippen LogP contribution in [0.3, 0.4) is 0 Å². The van der Waals surface area contributed by atoms with Crippen molar-refractivity contribution < 1.29 is 14.3 Å². The predicted octanol–water partition coefficient (Wildman–Crippen LogP) is 0.361. The van der Waals surface area contributed by atoms with Crippen LogP contribution in [0.2, 0.25) is 0 Å². The molecule has 0 atom stereocenters. The number of carbonyl (C=O) groups is 2. The maximum atomic E-state index is 12.9. The number of nitrogens with zero attached hydrogens (tertiary/aromatic N) is 3. The van der Waals surface area contributed by atoms with Gasteiger partial charge in [0.25, 0.3) is 5.91 Å². The van der Waals surface area contributed by atoms with Crippen molar-refractivity contribution in [3.05, 3.63) is 0 Å². The minimum absolute atomic E-state index is 0.0232. The van der Waals surface area contributed by atoms with E-state index in [-0.39, 0.29) is 11.9 Å². The van der Waals surface area contributed by atoms with E-state index in [2.05, 4.69) is 29.0 Å². The molecule has 0 radical (unpaired) electrons. The fourth-order valence-electron chi connectivity index (χ4n) is 3.92. The van der Waals surface area contributed by atoms with Crippen molar-refractivity contribution >= 4 is 11.9 Å². The third-order valence-electron chi connectivity index (χ3n) is 5.32. The predicted molar refractivity (Wildman–Crippen MR) is 90.7 cm³/mol. The Bertz CT molecular complexity index is 468. The van der Waals surface area contributed by atoms with E-state index in [9.17, 15) is 9.59 Å². The lowest BCUT2D eigenvalue weighted by Crippen LogP contribution is -2.55. The monoisotopic (exact) mass is 338 g/mol. The summed E-state index contributed by atoms with van der Waals surface area (Å²) < 4.78 is 5.34. The summed E-state index contributed by atoms with van der Waals surface area (Å²) >= 11 is 0. The largest absolute Gasteiger partial charge is 0.379 e. The third-order valence-corrected chi connectivity index (χ3v) is 5.32. The molecule has 7 heteroatoms. The van der Waals surface area contributed by atoms with E-state index in [1.54, 1.807) is 0 Å². The second-order valence-electron chi connectivity index (χ2n) is 7.62. The summed E-state index contributed by atoms with van der Waals surface area (Å²) in [5.74, 6) is 0.600. The number of piperidine rings is 1. The molecule has 3 saturated heterocycles. The normalized spacial score (nSPS) is 25.7. The number of morpholine rings is 1. The van der Waals surface area contributed by atoms with Gasteiger partial charge in [-0.1, -0.05) is 13.8 Å². The molecular formula is C17H30N4O3. The zero-order chi connectivity index (χ0) is 17.2. The molecule has 3 heterocycles. The summed E-state index contributed by atoms with van der Waals surface area (Å²) in [6, 6.07) is -0.217. The van der Waals surface area contributed by atoms with Crippen LogP contribution in [0, 0.1) is 5.92 Å². The van der Waals surface area contributed by atoms with Gasteiger partial charge in [-0.3, -0.25) is 14.6 Å². The van der Waals surface area contributed by atoms with Crippen molar-refractivity contribution in [3.63, 3.8) is 0 Å². The first-order chi connectivity index (χ1) is 11.5. The zero-order valence-corrected chi connectivity index (χ0v) is 14.9. The number of rotatable bonds is 5. The van der Waals surface area contributed by atoms with Gasteiger partial charge in [0.15, 0.2) is 0 Å². The molecule has 3 rings (SSSR count). The molecule has 0 aromatic rings. The highest BCUT2D eigenvalue weighted by molar-refractivity contribution is 6.07. The number of amides is 3. The molecule has 0 aliphatic carbocycles. The molecule has 0 bridgehead atoms. The van der Waals surface area contributed by atoms with E-state index in [1.165, 1.54) is 4.90 Å². The number of carbonyl (C=O) groups excluding carboxylic acids is 2. The van der Waals surface area contributed by atoms with Gasteiger partial charge in [0.05, 0.1) is 13.2 Å². The second-order valence-corrected chi connectivity index (χ2v) is 7.62. The van der Waals surface area contributed by atoms with Crippen LogP contribution in [-0.2, 0) is 9.53 Å². The third kappa shape index (κ3) is 3.73. The zero-order valence-electron chi connectivity index (χ0n) is 14.9. The fourth-order valence-corrected chi connectivity index (χ4v) is 3.92. The average Bonchev–Trinajstić information content (AvgIpc) is 2.79. The smallest absolute Gasteiger partial charge is 0.325 e. The maximum absolute atomic E-state index is 12.9. The summed E-state index contributed by atoms with van der Waals surface area (Å²) in [6.45, 7) is 11.6. The number of hydrogen-bond acceptors (Lipinski definition) is 5. The molecule has 7 nitrogen and oxygen atoms in total. The van der Waals surface area contributed by atoms with Gasteiger partial charge < -0.3 is 15.0 Å². The molecule has 3 aliphatic rings. The van der Waals surface area contributed by atoms with E-state index in [0.29, 0.717) is 12.5 Å². The summed E-state index contributed by atoms with van der Waals surface area (Å²) in [5, 5.41) is 3.00. The van der Waals surface area contributed by atoms with Gasteiger partial charge in [0, 0.05) is 45.8 Å². The van der Waals surface area contributed by atoms with E-state index in [1.807, 2.05) is 0 Å². The topological polar surface area (TPSA) is 65.1 Å². The molecule has 24 heavy (non-hydrogen) atoms. The van der Waals surface area contributed by atoms with E-state index < -0.39 is 5.54 Å². The van der Waals surface area contributed by atoms with Crippen molar-refractivity contribution in [2.24, 2.45) is 5.92 Å². The molecule has 0 saturated carbocycles. The fraction of sp³-hybridized carbons (Fsp3) is 0.882. The average molecular weight is 338 g/mol. The van der Waals surface area contributed by atoms with Gasteiger partial charge in [0.1, 0.15) is 5.54 Å². The standard InChI is InChI=1S/C17H30N4O3/c1-14(2)13-20-5-3-17(4-6-20)15(22)21(16(23)18-17)8-7-19-9-11-24-12-10-19/h14H,3-13H2,1-2H3,(H,18,23). The van der Waals surface area contributed by atoms with Gasteiger partial charge in [0.2, 0.25) is 0 Å². The molecule has 1 N–H and O–H groups in total. The van der Waals surface area contributed by atoms with Crippen LogP contribution in [0.15, 0.2) is 0 Å². The highest BCUT2D eigenvalue weighted by Gasteiger charge is 2.52. The highest BCUT2D eigenvalue weighted by atomic mass is 16.5. The number of urea groups is 1. The first-order valence-corrected chi connectivity index (χ1v) is 9.17. The second kappa shape index (κ2) is 7.37. The molecule has 3 fully saturated rings. The van der Waals surface area contributed by atoms with E-state index >= 15 is 0 Å². The number of hydrogen-bond donors (Lipinski definition) is 1. The Morgan fingerprint density at radius 1 is 1.04 bits per heavy atom. The van der Waals surface area contributed by atoms with Crippen molar-refractivity contribution in [3.8, 4) is 0 Å². The summed E-state index contributed by atoms with van der Waals surface area (Å²) in [4.78, 5) is 31.3. The lowest BCUT2D eigenvalue weighted by atomic mass is 9.87. The van der Waals surface area contributed by atoms with Crippen LogP contribution in [0.1, 0.15) is 26.7 Å². The first-order valence-electron chi connectivity index (χ1n) is 9.17. The van der Waals surface area contributed by atoms with Crippen molar-refractivity contribution in [1.29, 1.82) is 0 Å². The highest BCUT2D eigenvalue weighted by Crippen LogP contribution is 2.29. The molecule has 0 aromatic carbocycles. The van der Waals surface area contributed by atoms with Gasteiger partial charge >= 0.3 is 6.03 Å². The van der Waals surface area contributed by atoms with E-state index in [4.69, 9.17) is 4.74 Å². The Balaban J connectivity index is 1.54. The molecule has 3 amide bonds. The number of ether oxygens (including phenoxy) is 1. The quantitative estimate of drug-likeness (QED) is 0.734. The van der Waals surface area contributed by atoms with Crippen LogP contribution >= 0.6 is 0 Å².